The highest BCUT2D eigenvalue weighted by molar-refractivity contribution is 6.31. The van der Waals surface area contributed by atoms with Crippen molar-refractivity contribution < 1.29 is 14.7 Å². The Morgan fingerprint density at radius 3 is 2.63 bits per heavy atom. The van der Waals surface area contributed by atoms with Gasteiger partial charge in [-0.05, 0) is 42.2 Å². The van der Waals surface area contributed by atoms with Gasteiger partial charge in [0.15, 0.2) is 0 Å². The number of anilines is 2. The van der Waals surface area contributed by atoms with E-state index in [0.717, 1.165) is 41.4 Å². The minimum atomic E-state index is -0.984. The summed E-state index contributed by atoms with van der Waals surface area (Å²) in [7, 11) is 0. The molecule has 0 fully saturated rings. The zero-order valence-corrected chi connectivity index (χ0v) is 15.6. The van der Waals surface area contributed by atoms with Gasteiger partial charge in [-0.15, -0.1) is 0 Å². The molecule has 140 valence electrons. The predicted molar refractivity (Wildman–Crippen MR) is 107 cm³/mol. The summed E-state index contributed by atoms with van der Waals surface area (Å²) in [5.74, 6) is -1.01. The van der Waals surface area contributed by atoms with E-state index in [-0.39, 0.29) is 5.91 Å². The second-order valence-electron chi connectivity index (χ2n) is 6.33. The zero-order valence-electron chi connectivity index (χ0n) is 14.8. The first-order valence-electron chi connectivity index (χ1n) is 8.86. The van der Waals surface area contributed by atoms with Crippen molar-refractivity contribution in [3.63, 3.8) is 0 Å². The summed E-state index contributed by atoms with van der Waals surface area (Å²) >= 11 is 6.21. The number of para-hydroxylation sites is 1. The lowest BCUT2D eigenvalue weighted by atomic mass is 10.0. The maximum Gasteiger partial charge on any atom is 0.328 e. The van der Waals surface area contributed by atoms with Crippen LogP contribution in [0.15, 0.2) is 54.6 Å². The quantitative estimate of drug-likeness (QED) is 0.588. The van der Waals surface area contributed by atoms with Gasteiger partial charge in [0.25, 0.3) is 0 Å². The van der Waals surface area contributed by atoms with E-state index in [1.807, 2.05) is 36.4 Å². The van der Waals surface area contributed by atoms with Crippen molar-refractivity contribution in [1.29, 1.82) is 0 Å². The molecule has 0 radical (unpaired) electrons. The maximum atomic E-state index is 13.1. The lowest BCUT2D eigenvalue weighted by Gasteiger charge is -2.25. The Morgan fingerprint density at radius 2 is 1.85 bits per heavy atom. The molecule has 5 nitrogen and oxygen atoms in total. The molecule has 1 aliphatic heterocycles. The molecule has 2 aromatic carbocycles. The monoisotopic (exact) mass is 384 g/mol. The highest BCUT2D eigenvalue weighted by Gasteiger charge is 2.25. The molecule has 0 aliphatic carbocycles. The Kier molecular flexibility index (Phi) is 6.27. The van der Waals surface area contributed by atoms with Crippen LogP contribution in [0.3, 0.4) is 0 Å². The number of nitrogens with one attached hydrogen (secondary N) is 1. The first-order chi connectivity index (χ1) is 13.1. The van der Waals surface area contributed by atoms with Gasteiger partial charge < -0.3 is 10.4 Å². The highest BCUT2D eigenvalue weighted by Crippen LogP contribution is 2.37. The number of benzene rings is 2. The van der Waals surface area contributed by atoms with Crippen LogP contribution in [0.5, 0.6) is 0 Å². The molecule has 2 N–H and O–H groups in total. The van der Waals surface area contributed by atoms with Gasteiger partial charge in [-0.2, -0.15) is 0 Å². The molecule has 0 saturated heterocycles. The van der Waals surface area contributed by atoms with E-state index < -0.39 is 5.97 Å². The number of aliphatic carboxylic acids is 1. The van der Waals surface area contributed by atoms with E-state index >= 15 is 0 Å². The summed E-state index contributed by atoms with van der Waals surface area (Å²) in [6.07, 6.45) is 4.61. The number of amides is 1. The molecule has 0 saturated carbocycles. The molecular weight excluding hydrogens is 364 g/mol. The number of aryl methyl sites for hydroxylation is 2. The minimum Gasteiger partial charge on any atom is -0.478 e. The molecule has 27 heavy (non-hydrogen) atoms. The van der Waals surface area contributed by atoms with E-state index in [2.05, 4.69) is 11.4 Å². The summed E-state index contributed by atoms with van der Waals surface area (Å²) in [5.41, 5.74) is 3.97. The van der Waals surface area contributed by atoms with Crippen LogP contribution in [-0.2, 0) is 22.4 Å². The summed E-state index contributed by atoms with van der Waals surface area (Å²) in [6, 6.07) is 13.6. The summed E-state index contributed by atoms with van der Waals surface area (Å²) in [5, 5.41) is 12.2. The zero-order chi connectivity index (χ0) is 19.2. The van der Waals surface area contributed by atoms with Gasteiger partial charge in [0.1, 0.15) is 0 Å². The lowest BCUT2D eigenvalue weighted by Crippen LogP contribution is -2.30. The number of hydrogen-bond donors (Lipinski definition) is 2. The minimum absolute atomic E-state index is 0.0254. The molecule has 2 aromatic rings. The first-order valence-corrected chi connectivity index (χ1v) is 9.23. The summed E-state index contributed by atoms with van der Waals surface area (Å²) in [6.45, 7) is 0.857. The van der Waals surface area contributed by atoms with Crippen LogP contribution in [0.1, 0.15) is 17.5 Å². The van der Waals surface area contributed by atoms with E-state index in [9.17, 15) is 9.59 Å². The first kappa shape index (κ1) is 19.1. The maximum absolute atomic E-state index is 13.1. The second-order valence-corrected chi connectivity index (χ2v) is 6.76. The number of hydrogen-bond acceptors (Lipinski definition) is 3. The van der Waals surface area contributed by atoms with Crippen molar-refractivity contribution in [2.45, 2.75) is 19.3 Å². The third-order valence-electron chi connectivity index (χ3n) is 4.47. The van der Waals surface area contributed by atoms with Gasteiger partial charge in [0.05, 0.1) is 11.4 Å². The smallest absolute Gasteiger partial charge is 0.328 e. The van der Waals surface area contributed by atoms with Crippen LogP contribution in [0, 0.1) is 0 Å². The molecule has 1 heterocycles. The Bertz CT molecular complexity index is 879. The van der Waals surface area contributed by atoms with Gasteiger partial charge in [-0.3, -0.25) is 9.69 Å². The van der Waals surface area contributed by atoms with Gasteiger partial charge in [0.2, 0.25) is 5.91 Å². The normalized spacial score (nSPS) is 13.1. The topological polar surface area (TPSA) is 69.6 Å². The van der Waals surface area contributed by atoms with Gasteiger partial charge in [0, 0.05) is 30.6 Å². The van der Waals surface area contributed by atoms with Gasteiger partial charge in [-0.25, -0.2) is 4.79 Å². The van der Waals surface area contributed by atoms with Crippen LogP contribution in [0.4, 0.5) is 11.4 Å². The molecule has 3 rings (SSSR count). The largest absolute Gasteiger partial charge is 0.478 e. The van der Waals surface area contributed by atoms with Crippen molar-refractivity contribution in [2.24, 2.45) is 0 Å². The molecule has 0 bridgehead atoms. The van der Waals surface area contributed by atoms with Crippen molar-refractivity contribution in [3.05, 3.63) is 70.8 Å². The summed E-state index contributed by atoms with van der Waals surface area (Å²) < 4.78 is 0. The molecule has 0 aromatic heterocycles. The number of nitrogens with zero attached hydrogens (tertiary/aromatic N) is 1. The van der Waals surface area contributed by atoms with Crippen molar-refractivity contribution in [3.8, 4) is 0 Å². The van der Waals surface area contributed by atoms with Crippen LogP contribution in [-0.4, -0.2) is 30.1 Å². The fourth-order valence-electron chi connectivity index (χ4n) is 3.22. The SMILES string of the molecule is O=C(O)/C=C/CNCCC(=O)N1c2ccccc2CCc2ccc(Cl)cc21. The van der Waals surface area contributed by atoms with Crippen molar-refractivity contribution in [2.75, 3.05) is 18.0 Å². The van der Waals surface area contributed by atoms with Crippen molar-refractivity contribution in [1.82, 2.24) is 5.32 Å². The van der Waals surface area contributed by atoms with Gasteiger partial charge >= 0.3 is 5.97 Å². The number of carboxylic acid groups (broad SMARTS) is 1. The average molecular weight is 385 g/mol. The standard InChI is InChI=1S/C21H21ClN2O3/c22-17-10-9-16-8-7-15-4-1-2-5-18(15)24(19(16)14-17)20(25)11-13-23-12-3-6-21(26)27/h1-6,9-10,14,23H,7-8,11-13H2,(H,26,27)/b6-3+. The lowest BCUT2D eigenvalue weighted by molar-refractivity contribution is -0.131. The third kappa shape index (κ3) is 4.76. The number of carboxylic acids is 1. The fraction of sp³-hybridized carbons (Fsp3) is 0.238. The molecule has 0 atom stereocenters. The Balaban J connectivity index is 1.79. The van der Waals surface area contributed by atoms with E-state index in [0.29, 0.717) is 24.5 Å². The molecule has 0 unspecified atom stereocenters. The van der Waals surface area contributed by atoms with Crippen molar-refractivity contribution >= 4 is 34.9 Å². The number of fused-ring (bicyclic) bond motifs is 2. The molecular formula is C21H21ClN2O3. The van der Waals surface area contributed by atoms with Crippen LogP contribution in [0.2, 0.25) is 5.02 Å². The number of halogens is 1. The molecule has 6 heteroatoms. The van der Waals surface area contributed by atoms with E-state index in [1.165, 1.54) is 6.08 Å². The third-order valence-corrected chi connectivity index (χ3v) is 4.71. The summed E-state index contributed by atoms with van der Waals surface area (Å²) in [4.78, 5) is 25.3. The Labute approximate surface area is 163 Å². The Morgan fingerprint density at radius 1 is 1.11 bits per heavy atom. The van der Waals surface area contributed by atoms with Gasteiger partial charge in [-0.1, -0.05) is 41.9 Å². The van der Waals surface area contributed by atoms with Crippen LogP contribution < -0.4 is 10.2 Å². The molecule has 1 aliphatic rings. The fourth-order valence-corrected chi connectivity index (χ4v) is 3.38. The average Bonchev–Trinajstić information content (AvgIpc) is 2.80. The highest BCUT2D eigenvalue weighted by atomic mass is 35.5. The number of rotatable bonds is 6. The van der Waals surface area contributed by atoms with E-state index in [1.54, 1.807) is 4.90 Å². The number of carbonyl (C=O) groups is 2. The molecule has 0 spiro atoms. The number of carbonyl (C=O) groups excluding carboxylic acids is 1. The second kappa shape index (κ2) is 8.84. The Hall–Kier alpha value is -2.63. The molecule has 1 amide bonds. The van der Waals surface area contributed by atoms with Crippen LogP contribution >= 0.6 is 11.6 Å². The van der Waals surface area contributed by atoms with Crippen LogP contribution in [0.25, 0.3) is 0 Å². The predicted octanol–water partition coefficient (Wildman–Crippen LogP) is 3.72. The van der Waals surface area contributed by atoms with E-state index in [4.69, 9.17) is 16.7 Å².